The number of thioether (sulfide) groups is 1. The average Bonchev–Trinajstić information content (AvgIpc) is 3.32. The first-order valence-electron chi connectivity index (χ1n) is 11.6. The third kappa shape index (κ3) is 7.94. The number of rotatable bonds is 11. The Morgan fingerprint density at radius 3 is 2.45 bits per heavy atom. The number of hydrogen-bond acceptors (Lipinski definition) is 3. The van der Waals surface area contributed by atoms with Gasteiger partial charge in [-0.05, 0) is 48.9 Å². The first kappa shape index (κ1) is 25.9. The molecule has 2 aromatic rings. The number of nitrogens with zero attached hydrogens (tertiary/aromatic N) is 1. The van der Waals surface area contributed by atoms with E-state index in [0.29, 0.717) is 34.5 Å². The lowest BCUT2D eigenvalue weighted by atomic mass is 10.1. The minimum atomic E-state index is -0.451. The Kier molecular flexibility index (Phi) is 10.4. The molecule has 7 heteroatoms. The van der Waals surface area contributed by atoms with Crippen LogP contribution in [0.4, 0.5) is 0 Å². The zero-order valence-corrected chi connectivity index (χ0v) is 21.4. The molecule has 33 heavy (non-hydrogen) atoms. The molecule has 1 atom stereocenters. The van der Waals surface area contributed by atoms with Gasteiger partial charge in [-0.15, -0.1) is 11.8 Å². The van der Waals surface area contributed by atoms with Crippen LogP contribution >= 0.6 is 35.0 Å². The van der Waals surface area contributed by atoms with E-state index in [2.05, 4.69) is 17.4 Å². The van der Waals surface area contributed by atoms with Crippen LogP contribution in [0.25, 0.3) is 0 Å². The Hall–Kier alpha value is -1.69. The van der Waals surface area contributed by atoms with E-state index in [9.17, 15) is 9.59 Å². The smallest absolute Gasteiger partial charge is 0.243 e. The molecule has 1 aliphatic rings. The van der Waals surface area contributed by atoms with Crippen molar-refractivity contribution in [3.8, 4) is 0 Å². The van der Waals surface area contributed by atoms with Gasteiger partial charge in [0, 0.05) is 18.3 Å². The van der Waals surface area contributed by atoms with Gasteiger partial charge in [-0.25, -0.2) is 0 Å². The van der Waals surface area contributed by atoms with Crippen LogP contribution in [0.1, 0.15) is 50.2 Å². The van der Waals surface area contributed by atoms with Crippen LogP contribution < -0.4 is 5.32 Å². The van der Waals surface area contributed by atoms with Gasteiger partial charge in [0.2, 0.25) is 11.8 Å². The summed E-state index contributed by atoms with van der Waals surface area (Å²) in [4.78, 5) is 28.2. The maximum atomic E-state index is 13.3. The summed E-state index contributed by atoms with van der Waals surface area (Å²) in [7, 11) is 0. The fourth-order valence-electron chi connectivity index (χ4n) is 4.23. The van der Waals surface area contributed by atoms with E-state index in [1.807, 2.05) is 37.3 Å². The summed E-state index contributed by atoms with van der Waals surface area (Å²) in [6.45, 7) is 2.50. The summed E-state index contributed by atoms with van der Waals surface area (Å²) in [5, 5.41) is 4.23. The highest BCUT2D eigenvalue weighted by Gasteiger charge is 2.30. The van der Waals surface area contributed by atoms with Crippen molar-refractivity contribution >= 4 is 46.8 Å². The number of carbonyl (C=O) groups is 2. The molecule has 0 unspecified atom stereocenters. The summed E-state index contributed by atoms with van der Waals surface area (Å²) in [6, 6.07) is 15.4. The number of halogens is 2. The predicted molar refractivity (Wildman–Crippen MR) is 139 cm³/mol. The number of carbonyl (C=O) groups excluding carboxylic acids is 2. The average molecular weight is 508 g/mol. The highest BCUT2D eigenvalue weighted by atomic mass is 35.5. The van der Waals surface area contributed by atoms with E-state index in [0.717, 1.165) is 43.2 Å². The van der Waals surface area contributed by atoms with Gasteiger partial charge in [-0.3, -0.25) is 9.59 Å². The molecule has 2 amide bonds. The van der Waals surface area contributed by atoms with Crippen molar-refractivity contribution in [3.63, 3.8) is 0 Å². The van der Waals surface area contributed by atoms with Gasteiger partial charge in [0.25, 0.3) is 0 Å². The second-order valence-corrected chi connectivity index (χ2v) is 10.3. The highest BCUT2D eigenvalue weighted by Crippen LogP contribution is 2.25. The quantitative estimate of drug-likeness (QED) is 0.398. The van der Waals surface area contributed by atoms with E-state index in [4.69, 9.17) is 23.2 Å². The first-order chi connectivity index (χ1) is 16.0. The monoisotopic (exact) mass is 506 g/mol. The normalized spacial score (nSPS) is 14.8. The molecular formula is C26H32Cl2N2O2S. The molecule has 0 heterocycles. The molecule has 4 nitrogen and oxygen atoms in total. The van der Waals surface area contributed by atoms with E-state index in [1.165, 1.54) is 11.8 Å². The fourth-order valence-corrected chi connectivity index (χ4v) is 5.41. The van der Waals surface area contributed by atoms with E-state index < -0.39 is 6.04 Å². The van der Waals surface area contributed by atoms with Crippen molar-refractivity contribution in [2.24, 2.45) is 0 Å². The molecule has 1 fully saturated rings. The van der Waals surface area contributed by atoms with E-state index in [-0.39, 0.29) is 17.9 Å². The number of amides is 2. The van der Waals surface area contributed by atoms with Gasteiger partial charge in [0.15, 0.2) is 0 Å². The van der Waals surface area contributed by atoms with Crippen molar-refractivity contribution in [2.75, 3.05) is 12.3 Å². The number of hydrogen-bond donors (Lipinski definition) is 1. The van der Waals surface area contributed by atoms with Crippen LogP contribution in [-0.2, 0) is 21.8 Å². The van der Waals surface area contributed by atoms with Crippen LogP contribution in [0.3, 0.4) is 0 Å². The molecule has 2 aromatic carbocycles. The fraction of sp³-hybridized carbons (Fsp3) is 0.462. The van der Waals surface area contributed by atoms with Crippen LogP contribution in [0.15, 0.2) is 48.5 Å². The Morgan fingerprint density at radius 2 is 1.79 bits per heavy atom. The Balaban J connectivity index is 1.64. The van der Waals surface area contributed by atoms with Gasteiger partial charge in [-0.1, -0.05) is 79.4 Å². The SMILES string of the molecule is CC[C@@H](C(=O)NC1CCCC1)N(CCc1ccccc1)C(=O)CSCc1ccc(Cl)c(Cl)c1. The maximum absolute atomic E-state index is 13.3. The van der Waals surface area contributed by atoms with E-state index in [1.54, 1.807) is 11.0 Å². The number of nitrogens with one attached hydrogen (secondary N) is 1. The minimum absolute atomic E-state index is 0.00980. The number of benzene rings is 2. The molecule has 0 saturated heterocycles. The molecule has 0 aromatic heterocycles. The molecule has 0 aliphatic heterocycles. The topological polar surface area (TPSA) is 49.4 Å². The van der Waals surface area contributed by atoms with Crippen LogP contribution in [0.2, 0.25) is 10.0 Å². The summed E-state index contributed by atoms with van der Waals surface area (Å²) in [6.07, 6.45) is 5.68. The summed E-state index contributed by atoms with van der Waals surface area (Å²) in [5.74, 6) is 0.923. The van der Waals surface area contributed by atoms with Crippen LogP contribution in [-0.4, -0.2) is 41.1 Å². The lowest BCUT2D eigenvalue weighted by Crippen LogP contribution is -2.52. The summed E-state index contributed by atoms with van der Waals surface area (Å²) < 4.78 is 0. The van der Waals surface area contributed by atoms with Gasteiger partial charge in [0.1, 0.15) is 6.04 Å². The zero-order valence-electron chi connectivity index (χ0n) is 19.1. The van der Waals surface area contributed by atoms with Gasteiger partial charge >= 0.3 is 0 Å². The molecule has 0 radical (unpaired) electrons. The lowest BCUT2D eigenvalue weighted by molar-refractivity contribution is -0.139. The lowest BCUT2D eigenvalue weighted by Gasteiger charge is -2.31. The third-order valence-corrected chi connectivity index (χ3v) is 7.78. The Labute approximate surface area is 211 Å². The van der Waals surface area contributed by atoms with Crippen molar-refractivity contribution < 1.29 is 9.59 Å². The Bertz CT molecular complexity index is 920. The predicted octanol–water partition coefficient (Wildman–Crippen LogP) is 6.14. The molecule has 1 saturated carbocycles. The second-order valence-electron chi connectivity index (χ2n) is 8.48. The molecule has 0 bridgehead atoms. The standard InChI is InChI=1S/C26H32Cl2N2O2S/c1-2-24(26(32)29-21-10-6-7-11-21)30(15-14-19-8-4-3-5-9-19)25(31)18-33-17-20-12-13-22(27)23(28)16-20/h3-5,8-9,12-13,16,21,24H,2,6-7,10-11,14-15,17-18H2,1H3,(H,29,32)/t24-/m0/s1. The van der Waals surface area contributed by atoms with Gasteiger partial charge in [-0.2, -0.15) is 0 Å². The molecule has 178 valence electrons. The summed E-state index contributed by atoms with van der Waals surface area (Å²) in [5.41, 5.74) is 2.17. The van der Waals surface area contributed by atoms with Crippen molar-refractivity contribution in [1.29, 1.82) is 0 Å². The van der Waals surface area contributed by atoms with E-state index >= 15 is 0 Å². The van der Waals surface area contributed by atoms with Gasteiger partial charge < -0.3 is 10.2 Å². The first-order valence-corrected chi connectivity index (χ1v) is 13.5. The Morgan fingerprint density at radius 1 is 1.06 bits per heavy atom. The van der Waals surface area contributed by atoms with Crippen molar-refractivity contribution in [1.82, 2.24) is 10.2 Å². The van der Waals surface area contributed by atoms with Crippen molar-refractivity contribution in [2.45, 2.75) is 63.3 Å². The largest absolute Gasteiger partial charge is 0.352 e. The van der Waals surface area contributed by atoms with Crippen LogP contribution in [0, 0.1) is 0 Å². The molecular weight excluding hydrogens is 475 g/mol. The second kappa shape index (κ2) is 13.3. The molecule has 1 N–H and O–H groups in total. The molecule has 3 rings (SSSR count). The van der Waals surface area contributed by atoms with Gasteiger partial charge in [0.05, 0.1) is 15.8 Å². The minimum Gasteiger partial charge on any atom is -0.352 e. The third-order valence-electron chi connectivity index (χ3n) is 6.05. The summed E-state index contributed by atoms with van der Waals surface area (Å²) >= 11 is 13.6. The molecule has 1 aliphatic carbocycles. The highest BCUT2D eigenvalue weighted by molar-refractivity contribution is 7.99. The van der Waals surface area contributed by atoms with Crippen LogP contribution in [0.5, 0.6) is 0 Å². The maximum Gasteiger partial charge on any atom is 0.243 e. The van der Waals surface area contributed by atoms with Crippen molar-refractivity contribution in [3.05, 3.63) is 69.7 Å². The molecule has 0 spiro atoms. The zero-order chi connectivity index (χ0) is 23.6.